The number of hydrogen-bond acceptors (Lipinski definition) is 4. The van der Waals surface area contributed by atoms with Gasteiger partial charge in [-0.05, 0) is 88.0 Å². The molecule has 6 heteroatoms. The first-order valence-corrected chi connectivity index (χ1v) is 22.3. The van der Waals surface area contributed by atoms with E-state index in [1.807, 2.05) is 0 Å². The van der Waals surface area contributed by atoms with Crippen molar-refractivity contribution in [1.82, 2.24) is 9.97 Å². The highest BCUT2D eigenvalue weighted by Crippen LogP contribution is 2.53. The van der Waals surface area contributed by atoms with Crippen LogP contribution in [-0.2, 0) is 0 Å². The Morgan fingerprint density at radius 1 is 0.419 bits per heavy atom. The van der Waals surface area contributed by atoms with Gasteiger partial charge in [-0.1, -0.05) is 151 Å². The van der Waals surface area contributed by atoms with Crippen molar-refractivity contribution in [3.63, 3.8) is 0 Å². The minimum Gasteiger partial charge on any atom is -0.478 e. The highest BCUT2D eigenvalue weighted by Gasteiger charge is 2.33. The molecular formula is C56H54N6. The van der Waals surface area contributed by atoms with Crippen molar-refractivity contribution in [2.24, 2.45) is 17.8 Å². The van der Waals surface area contributed by atoms with Crippen LogP contribution in [0.4, 0.5) is 34.1 Å². The zero-order valence-corrected chi connectivity index (χ0v) is 36.6. The molecular weight excluding hydrogens is 757 g/mol. The van der Waals surface area contributed by atoms with E-state index >= 15 is 0 Å². The van der Waals surface area contributed by atoms with Gasteiger partial charge >= 0.3 is 0 Å². The molecule has 0 radical (unpaired) electrons. The van der Waals surface area contributed by atoms with Crippen molar-refractivity contribution >= 4 is 77.7 Å². The first kappa shape index (κ1) is 39.4. The Kier molecular flexibility index (Phi) is 10.3. The van der Waals surface area contributed by atoms with Gasteiger partial charge in [0.25, 0.3) is 0 Å². The van der Waals surface area contributed by atoms with Gasteiger partial charge in [-0.3, -0.25) is 0 Å². The predicted molar refractivity (Wildman–Crippen MR) is 263 cm³/mol. The molecule has 0 spiro atoms. The molecule has 1 aliphatic rings. The molecule has 6 nitrogen and oxygen atoms in total. The molecule has 1 N–H and O–H groups in total. The fourth-order valence-corrected chi connectivity index (χ4v) is 9.38. The van der Waals surface area contributed by atoms with E-state index in [0.717, 1.165) is 91.1 Å². The summed E-state index contributed by atoms with van der Waals surface area (Å²) in [7, 11) is 0. The maximum atomic E-state index is 5.79. The van der Waals surface area contributed by atoms with Crippen LogP contribution >= 0.6 is 0 Å². The highest BCUT2D eigenvalue weighted by molar-refractivity contribution is 6.25. The summed E-state index contributed by atoms with van der Waals surface area (Å²) in [6, 6.07) is 56.9. The van der Waals surface area contributed by atoms with Crippen molar-refractivity contribution in [2.45, 2.75) is 41.5 Å². The molecule has 10 rings (SSSR count). The number of fused-ring (bicyclic) bond motifs is 8. The summed E-state index contributed by atoms with van der Waals surface area (Å²) in [5.74, 6) is 1.41. The van der Waals surface area contributed by atoms with Crippen LogP contribution in [-0.4, -0.2) is 29.6 Å². The van der Waals surface area contributed by atoms with Gasteiger partial charge in [-0.25, -0.2) is 9.97 Å². The van der Waals surface area contributed by atoms with E-state index in [9.17, 15) is 0 Å². The molecule has 0 amide bonds. The van der Waals surface area contributed by atoms with Crippen molar-refractivity contribution in [3.05, 3.63) is 163 Å². The lowest BCUT2D eigenvalue weighted by Gasteiger charge is -2.47. The Morgan fingerprint density at radius 3 is 1.24 bits per heavy atom. The monoisotopic (exact) mass is 810 g/mol. The van der Waals surface area contributed by atoms with Gasteiger partial charge in [0.2, 0.25) is 0 Å². The third-order valence-corrected chi connectivity index (χ3v) is 12.1. The fraction of sp³-hybridized carbons (Fsp3) is 0.214. The molecule has 0 saturated carbocycles. The zero-order chi connectivity index (χ0) is 42.5. The molecule has 0 fully saturated rings. The van der Waals surface area contributed by atoms with Gasteiger partial charge in [0.15, 0.2) is 0 Å². The molecule has 1 aliphatic heterocycles. The number of nitrogens with zero attached hydrogens (tertiary/aromatic N) is 5. The molecule has 0 bridgehead atoms. The lowest BCUT2D eigenvalue weighted by atomic mass is 9.90. The quantitative estimate of drug-likeness (QED) is 0.0986. The van der Waals surface area contributed by atoms with Crippen LogP contribution in [0.3, 0.4) is 0 Å². The lowest BCUT2D eigenvalue weighted by molar-refractivity contribution is -0.805. The third-order valence-electron chi connectivity index (χ3n) is 12.1. The molecule has 1 atom stereocenters. The molecule has 8 aromatic carbocycles. The van der Waals surface area contributed by atoms with E-state index in [1.54, 1.807) is 0 Å². The van der Waals surface area contributed by atoms with E-state index in [-0.39, 0.29) is 0 Å². The summed E-state index contributed by atoms with van der Waals surface area (Å²) in [5, 5.41) is 5.72. The molecule has 9 aromatic rings. The van der Waals surface area contributed by atoms with Crippen molar-refractivity contribution in [2.75, 3.05) is 29.4 Å². The van der Waals surface area contributed by atoms with Crippen LogP contribution in [0.15, 0.2) is 158 Å². The minimum atomic E-state index is 0.439. The second-order valence-electron chi connectivity index (χ2n) is 18.1. The van der Waals surface area contributed by atoms with Crippen LogP contribution in [0.2, 0.25) is 0 Å². The number of benzene rings is 8. The van der Waals surface area contributed by atoms with Crippen molar-refractivity contribution in [1.29, 1.82) is 0 Å². The Morgan fingerprint density at radius 2 is 0.806 bits per heavy atom. The van der Waals surface area contributed by atoms with Crippen LogP contribution < -0.4 is 14.8 Å². The Hall–Kier alpha value is -6.76. The SMILES string of the molecule is CC(C)CN(c1ccccc1)c1ccc(-c2c3c(c(-c4ccc(N(CC(C)C)c5ccccc5)cc4)c4nc5c6ccccc6c6ccccc6c5nc24)[NH+](CC(C)C)[N-]3)cc1. The standard InChI is InChI=1S/C56H54N6/c1-36(2)33-60(41-17-9-7-10-18-41)43-29-25-39(26-30-43)49-53-54(58-52-48-24-16-14-22-46(48)45-21-13-15-23-47(45)51(52)57-53)50(56-55(49)59-62(56)35-38(5)6)40-27-31-44(32-28-40)61(34-37(3)4)42-19-11-8-12-20-42/h7-32,36-38,62H,33-35H2,1-6H3. The second kappa shape index (κ2) is 16.3. The van der Waals surface area contributed by atoms with E-state index in [0.29, 0.717) is 17.8 Å². The zero-order valence-electron chi connectivity index (χ0n) is 36.6. The summed E-state index contributed by atoms with van der Waals surface area (Å²) >= 11 is 0. The fourth-order valence-electron chi connectivity index (χ4n) is 9.38. The number of nitrogens with one attached hydrogen (secondary N) is 1. The van der Waals surface area contributed by atoms with Crippen molar-refractivity contribution in [3.8, 4) is 22.3 Å². The molecule has 0 saturated heterocycles. The number of para-hydroxylation sites is 2. The number of anilines is 4. The van der Waals surface area contributed by atoms with E-state index in [1.165, 1.54) is 33.5 Å². The minimum absolute atomic E-state index is 0.439. The molecule has 1 aromatic heterocycles. The molecule has 0 aliphatic carbocycles. The maximum absolute atomic E-state index is 5.79. The number of aromatic nitrogens is 2. The Bertz CT molecular complexity index is 3050. The van der Waals surface area contributed by atoms with Crippen LogP contribution in [0.25, 0.3) is 71.3 Å². The van der Waals surface area contributed by atoms with Crippen LogP contribution in [0.5, 0.6) is 0 Å². The summed E-state index contributed by atoms with van der Waals surface area (Å²) < 4.78 is 0. The first-order valence-electron chi connectivity index (χ1n) is 22.3. The summed E-state index contributed by atoms with van der Waals surface area (Å²) in [5.41, 5.74) is 20.3. The maximum Gasteiger partial charge on any atom is 0.126 e. The number of rotatable bonds is 12. The van der Waals surface area contributed by atoms with Gasteiger partial charge in [-0.15, -0.1) is 0 Å². The molecule has 1 unspecified atom stereocenters. The average molecular weight is 811 g/mol. The topological polar surface area (TPSA) is 50.8 Å². The summed E-state index contributed by atoms with van der Waals surface area (Å²) in [6.07, 6.45) is 0. The van der Waals surface area contributed by atoms with Gasteiger partial charge in [-0.2, -0.15) is 0 Å². The van der Waals surface area contributed by atoms with E-state index in [4.69, 9.17) is 15.4 Å². The lowest BCUT2D eigenvalue weighted by Crippen LogP contribution is -3.07. The van der Waals surface area contributed by atoms with Gasteiger partial charge in [0.05, 0.1) is 28.7 Å². The highest BCUT2D eigenvalue weighted by atomic mass is 15.6. The molecule has 62 heavy (non-hydrogen) atoms. The van der Waals surface area contributed by atoms with Crippen molar-refractivity contribution < 1.29 is 5.01 Å². The largest absolute Gasteiger partial charge is 0.478 e. The van der Waals surface area contributed by atoms with Crippen LogP contribution in [0.1, 0.15) is 41.5 Å². The molecule has 2 heterocycles. The second-order valence-corrected chi connectivity index (χ2v) is 18.1. The van der Waals surface area contributed by atoms with E-state index in [2.05, 4.69) is 209 Å². The molecule has 308 valence electrons. The van der Waals surface area contributed by atoms with Gasteiger partial charge in [0, 0.05) is 58.1 Å². The first-order chi connectivity index (χ1) is 30.2. The Labute approximate surface area is 365 Å². The summed E-state index contributed by atoms with van der Waals surface area (Å²) in [6.45, 7) is 16.4. The third kappa shape index (κ3) is 7.08. The van der Waals surface area contributed by atoms with Gasteiger partial charge < -0.3 is 20.2 Å². The number of quaternary nitrogens is 1. The normalized spacial score (nSPS) is 13.6. The smallest absolute Gasteiger partial charge is 0.126 e. The predicted octanol–water partition coefficient (Wildman–Crippen LogP) is 14.1. The number of hydrogen-bond donors (Lipinski definition) is 1. The Balaban J connectivity index is 1.23. The average Bonchev–Trinajstić information content (AvgIpc) is 3.29. The van der Waals surface area contributed by atoms with E-state index < -0.39 is 0 Å². The van der Waals surface area contributed by atoms with Crippen LogP contribution in [0, 0.1) is 17.8 Å². The summed E-state index contributed by atoms with van der Waals surface area (Å²) in [4.78, 5) is 16.4. The van der Waals surface area contributed by atoms with Gasteiger partial charge in [0.1, 0.15) is 11.2 Å².